The summed E-state index contributed by atoms with van der Waals surface area (Å²) in [5.41, 5.74) is 5.09. The number of nitrogens with one attached hydrogen (secondary N) is 2. The van der Waals surface area contributed by atoms with Crippen LogP contribution in [-0.4, -0.2) is 98.4 Å². The summed E-state index contributed by atoms with van der Waals surface area (Å²) >= 11 is 6.24. The molecular weight excluding hydrogens is 860 g/mol. The van der Waals surface area contributed by atoms with E-state index in [0.717, 1.165) is 86.4 Å². The number of piperazine rings is 1. The van der Waals surface area contributed by atoms with Gasteiger partial charge in [0.1, 0.15) is 23.8 Å². The number of amides is 1. The van der Waals surface area contributed by atoms with Gasteiger partial charge in [0.15, 0.2) is 5.75 Å². The van der Waals surface area contributed by atoms with Crippen LogP contribution in [0.1, 0.15) is 68.3 Å². The average Bonchev–Trinajstić information content (AvgIpc) is 3.66. The Morgan fingerprint density at radius 1 is 1.00 bits per heavy atom. The molecule has 0 bridgehead atoms. The average molecular weight is 911 g/mol. The molecule has 2 aliphatic carbocycles. The van der Waals surface area contributed by atoms with Crippen molar-refractivity contribution in [3.05, 3.63) is 117 Å². The van der Waals surface area contributed by atoms with Gasteiger partial charge in [-0.15, -0.1) is 0 Å². The van der Waals surface area contributed by atoms with Gasteiger partial charge in [0.05, 0.1) is 46.5 Å². The number of hydrogen-bond donors (Lipinski definition) is 2. The first-order chi connectivity index (χ1) is 30.7. The van der Waals surface area contributed by atoms with E-state index in [4.69, 9.17) is 30.5 Å². The van der Waals surface area contributed by atoms with Crippen LogP contribution in [0.25, 0.3) is 16.6 Å². The van der Waals surface area contributed by atoms with Gasteiger partial charge in [0.2, 0.25) is 0 Å². The van der Waals surface area contributed by atoms with E-state index >= 15 is 0 Å². The number of ether oxygens (including phenoxy) is 4. The summed E-state index contributed by atoms with van der Waals surface area (Å²) < 4.78 is 53.0. The maximum atomic E-state index is 13.9. The van der Waals surface area contributed by atoms with E-state index < -0.39 is 31.4 Å². The number of H-pyrrole nitrogens is 1. The van der Waals surface area contributed by atoms with Crippen LogP contribution in [0.15, 0.2) is 95.7 Å². The van der Waals surface area contributed by atoms with E-state index in [9.17, 15) is 23.3 Å². The predicted molar refractivity (Wildman–Crippen MR) is 243 cm³/mol. The molecule has 64 heavy (non-hydrogen) atoms. The van der Waals surface area contributed by atoms with E-state index in [1.54, 1.807) is 24.4 Å². The summed E-state index contributed by atoms with van der Waals surface area (Å²) in [7, 11) is -4.61. The van der Waals surface area contributed by atoms with Crippen LogP contribution in [0.2, 0.25) is 5.02 Å². The lowest BCUT2D eigenvalue weighted by atomic mass is 9.72. The summed E-state index contributed by atoms with van der Waals surface area (Å²) in [4.78, 5) is 36.9. The van der Waals surface area contributed by atoms with Crippen LogP contribution < -0.4 is 19.1 Å². The van der Waals surface area contributed by atoms with E-state index in [-0.39, 0.29) is 47.4 Å². The Bertz CT molecular complexity index is 2710. The van der Waals surface area contributed by atoms with Gasteiger partial charge in [-0.25, -0.2) is 18.1 Å². The fraction of sp³-hybridized carbons (Fsp3) is 0.404. The second-order valence-corrected chi connectivity index (χ2v) is 20.0. The van der Waals surface area contributed by atoms with Gasteiger partial charge in [-0.1, -0.05) is 43.2 Å². The molecule has 15 nitrogen and oxygen atoms in total. The fourth-order valence-corrected chi connectivity index (χ4v) is 10.0. The number of fused-ring (bicyclic) bond motifs is 1. The highest BCUT2D eigenvalue weighted by Gasteiger charge is 2.50. The number of nitrogens with zero attached hydrogens (tertiary/aromatic N) is 4. The molecule has 2 aliphatic heterocycles. The third kappa shape index (κ3) is 9.91. The van der Waals surface area contributed by atoms with Gasteiger partial charge in [-0.05, 0) is 97.2 Å². The van der Waals surface area contributed by atoms with Crippen molar-refractivity contribution in [1.82, 2.24) is 19.6 Å². The molecule has 1 unspecified atom stereocenters. The minimum absolute atomic E-state index is 0.0109. The van der Waals surface area contributed by atoms with Crippen LogP contribution in [0, 0.1) is 15.5 Å². The second-order valence-electron chi connectivity index (χ2n) is 17.9. The fourth-order valence-electron chi connectivity index (χ4n) is 8.91. The second kappa shape index (κ2) is 17.8. The molecule has 2 N–H and O–H groups in total. The molecule has 1 amide bonds. The molecule has 2 aromatic heterocycles. The van der Waals surface area contributed by atoms with Crippen molar-refractivity contribution >= 4 is 55.5 Å². The van der Waals surface area contributed by atoms with Gasteiger partial charge in [0.25, 0.3) is 15.9 Å². The van der Waals surface area contributed by atoms with Gasteiger partial charge in [0, 0.05) is 73.6 Å². The number of pyridine rings is 1. The first-order valence-electron chi connectivity index (χ1n) is 21.6. The zero-order valence-electron chi connectivity index (χ0n) is 35.8. The minimum Gasteiger partial charge on any atom is -0.484 e. The Kier molecular flexibility index (Phi) is 12.2. The van der Waals surface area contributed by atoms with Crippen molar-refractivity contribution < 1.29 is 37.1 Å². The number of rotatable bonds is 15. The van der Waals surface area contributed by atoms with Crippen molar-refractivity contribution in [3.63, 3.8) is 0 Å². The molecule has 1 saturated carbocycles. The number of nitro benzene ring substituents is 1. The highest BCUT2D eigenvalue weighted by Crippen LogP contribution is 2.48. The molecule has 17 heteroatoms. The quantitative estimate of drug-likeness (QED) is 0.0582. The maximum absolute atomic E-state index is 13.9. The van der Waals surface area contributed by atoms with Crippen molar-refractivity contribution in [2.75, 3.05) is 57.4 Å². The zero-order valence-corrected chi connectivity index (χ0v) is 37.4. The SMILES string of the molecule is CC1(C)CCC(CN2CCN(c3ccc(C(=O)NS(=O)(=O)c4ccc(OCCOC5COC6(CC6)C5)c([N+](=O)[O-])c4)c(Oc4cnc5[nH]ccc5c4)c3)CC2)=C(c2ccc(Cl)cc2)C1. The number of carbonyl (C=O) groups is 1. The van der Waals surface area contributed by atoms with Gasteiger partial charge < -0.3 is 28.8 Å². The van der Waals surface area contributed by atoms with Crippen LogP contribution >= 0.6 is 11.6 Å². The number of anilines is 1. The molecule has 3 fully saturated rings. The number of halogens is 1. The standard InChI is InChI=1S/C47H51ClN6O9S/c1-46(2)13-11-33(40(27-46)31-3-5-34(48)6-4-31)29-52-17-19-53(20-18-52)35-7-9-39(43(24-35)63-36-23-32-12-16-49-44(32)50-28-36)45(55)51-64(58,59)38-8-10-42(41(25-38)54(56)57)61-22-21-60-37-26-47(14-15-47)62-30-37/h3-10,12,16,23-25,28,37H,11,13-15,17-22,26-27,29-30H2,1-2H3,(H,49,50)(H,51,55). The maximum Gasteiger partial charge on any atom is 0.312 e. The van der Waals surface area contributed by atoms with Crippen molar-refractivity contribution in [2.45, 2.75) is 69.0 Å². The zero-order chi connectivity index (χ0) is 44.6. The number of carbonyl (C=O) groups excluding carboxylic acids is 1. The largest absolute Gasteiger partial charge is 0.484 e. The summed E-state index contributed by atoms with van der Waals surface area (Å²) in [6, 6.07) is 20.0. The number of allylic oxidation sites excluding steroid dienone is 1. The molecule has 1 atom stereocenters. The number of sulfonamides is 1. The number of nitro groups is 1. The van der Waals surface area contributed by atoms with Crippen molar-refractivity contribution in [1.29, 1.82) is 0 Å². The van der Waals surface area contributed by atoms with E-state index in [0.29, 0.717) is 31.1 Å². The van der Waals surface area contributed by atoms with Gasteiger partial charge in [-0.2, -0.15) is 0 Å². The number of aromatic amines is 1. The number of benzene rings is 3. The Morgan fingerprint density at radius 3 is 2.55 bits per heavy atom. The molecule has 1 spiro atoms. The van der Waals surface area contributed by atoms with E-state index in [2.05, 4.69) is 50.5 Å². The summed E-state index contributed by atoms with van der Waals surface area (Å²) in [5.74, 6) is -0.656. The molecular formula is C47H51ClN6O9S. The first kappa shape index (κ1) is 43.7. The summed E-state index contributed by atoms with van der Waals surface area (Å²) in [5, 5.41) is 13.6. The van der Waals surface area contributed by atoms with E-state index in [1.807, 2.05) is 18.2 Å². The first-order valence-corrected chi connectivity index (χ1v) is 23.5. The lowest BCUT2D eigenvalue weighted by Gasteiger charge is -2.39. The Balaban J connectivity index is 0.898. The van der Waals surface area contributed by atoms with Crippen molar-refractivity contribution in [2.24, 2.45) is 5.41 Å². The van der Waals surface area contributed by atoms with Crippen LogP contribution in [0.3, 0.4) is 0 Å². The van der Waals surface area contributed by atoms with E-state index in [1.165, 1.54) is 35.0 Å². The minimum atomic E-state index is -4.61. The molecule has 5 aromatic rings. The molecule has 2 saturated heterocycles. The summed E-state index contributed by atoms with van der Waals surface area (Å²) in [6.07, 6.45) is 9.26. The van der Waals surface area contributed by atoms with Crippen molar-refractivity contribution in [3.8, 4) is 17.2 Å². The normalized spacial score (nSPS) is 19.5. The third-order valence-electron chi connectivity index (χ3n) is 12.7. The smallest absolute Gasteiger partial charge is 0.312 e. The molecule has 9 rings (SSSR count). The van der Waals surface area contributed by atoms with Crippen LogP contribution in [0.5, 0.6) is 17.2 Å². The van der Waals surface area contributed by atoms with Gasteiger partial charge >= 0.3 is 5.69 Å². The highest BCUT2D eigenvalue weighted by atomic mass is 35.5. The Labute approximate surface area is 376 Å². The highest BCUT2D eigenvalue weighted by molar-refractivity contribution is 7.90. The molecule has 3 aromatic carbocycles. The Morgan fingerprint density at radius 2 is 1.80 bits per heavy atom. The third-order valence-corrected chi connectivity index (χ3v) is 14.3. The topological polar surface area (TPSA) is 178 Å². The van der Waals surface area contributed by atoms with Crippen LogP contribution in [0.4, 0.5) is 11.4 Å². The molecule has 4 aliphatic rings. The number of hydrogen-bond acceptors (Lipinski definition) is 12. The number of aromatic nitrogens is 2. The Hall–Kier alpha value is -5.52. The monoisotopic (exact) mass is 910 g/mol. The molecule has 336 valence electrons. The lowest BCUT2D eigenvalue weighted by molar-refractivity contribution is -0.386. The predicted octanol–water partition coefficient (Wildman–Crippen LogP) is 8.54. The summed E-state index contributed by atoms with van der Waals surface area (Å²) in [6.45, 7) is 9.28. The molecule has 4 heterocycles. The van der Waals surface area contributed by atoms with Gasteiger partial charge in [-0.3, -0.25) is 19.8 Å². The van der Waals surface area contributed by atoms with Crippen LogP contribution in [-0.2, 0) is 19.5 Å². The molecule has 0 radical (unpaired) electrons. The lowest BCUT2D eigenvalue weighted by Crippen LogP contribution is -2.47.